The van der Waals surface area contributed by atoms with Gasteiger partial charge in [-0.15, -0.1) is 0 Å². The first kappa shape index (κ1) is 36.6. The van der Waals surface area contributed by atoms with E-state index in [4.69, 9.17) is 14.2 Å². The Morgan fingerprint density at radius 1 is 0.456 bits per heavy atom. The van der Waals surface area contributed by atoms with Crippen molar-refractivity contribution < 1.29 is 34.0 Å². The molecule has 4 aromatic rings. The first-order valence-corrected chi connectivity index (χ1v) is 21.0. The molecule has 7 heteroatoms. The summed E-state index contributed by atoms with van der Waals surface area (Å²) in [5.74, 6) is 3.87. The topological polar surface area (TPSA) is 102 Å². The lowest BCUT2D eigenvalue weighted by atomic mass is 9.39. The predicted molar refractivity (Wildman–Crippen MR) is 218 cm³/mol. The molecule has 12 rings (SSSR count). The number of carboxylic acid groups (broad SMARTS) is 2. The van der Waals surface area contributed by atoms with E-state index in [1.165, 1.54) is 49.7 Å². The van der Waals surface area contributed by atoms with Crippen LogP contribution in [0.4, 0.5) is 0 Å². The summed E-state index contributed by atoms with van der Waals surface area (Å²) >= 11 is 0. The van der Waals surface area contributed by atoms with Gasteiger partial charge in [-0.2, -0.15) is 0 Å². The zero-order valence-corrected chi connectivity index (χ0v) is 33.7. The average molecular weight is 767 g/mol. The van der Waals surface area contributed by atoms with Gasteiger partial charge < -0.3 is 24.4 Å². The summed E-state index contributed by atoms with van der Waals surface area (Å²) in [5.41, 5.74) is 3.92. The third-order valence-electron chi connectivity index (χ3n) is 15.2. The molecule has 8 aliphatic rings. The monoisotopic (exact) mass is 766 g/mol. The molecule has 0 saturated heterocycles. The molecular formula is C50H54O7. The second-order valence-electron chi connectivity index (χ2n) is 21.1. The van der Waals surface area contributed by atoms with Gasteiger partial charge in [-0.1, -0.05) is 27.7 Å². The Morgan fingerprint density at radius 3 is 1.11 bits per heavy atom. The molecule has 296 valence electrons. The highest BCUT2D eigenvalue weighted by atomic mass is 16.5. The lowest BCUT2D eigenvalue weighted by Gasteiger charge is -2.65. The molecule has 2 N–H and O–H groups in total. The predicted octanol–water partition coefficient (Wildman–Crippen LogP) is 13.0. The van der Waals surface area contributed by atoms with Crippen LogP contribution in [-0.4, -0.2) is 22.2 Å². The van der Waals surface area contributed by atoms with Crippen molar-refractivity contribution in [3.63, 3.8) is 0 Å². The van der Waals surface area contributed by atoms with E-state index in [-0.39, 0.29) is 43.6 Å². The van der Waals surface area contributed by atoms with E-state index in [1.54, 1.807) is 48.5 Å². The van der Waals surface area contributed by atoms with Crippen molar-refractivity contribution in [3.8, 4) is 34.5 Å². The Morgan fingerprint density at radius 2 is 0.789 bits per heavy atom. The fourth-order valence-corrected chi connectivity index (χ4v) is 15.4. The summed E-state index contributed by atoms with van der Waals surface area (Å²) in [6.07, 6.45) is 14.4. The van der Waals surface area contributed by atoms with Crippen LogP contribution in [0, 0.1) is 33.5 Å². The standard InChI is InChI=1S/C50H54O7/c1-45-19-31-20-46(2,25-45)28-49(23-31,27-45)39-17-37(13-15-41(39)56-35-9-5-33(6-10-35)43(51)52)55-38-14-16-42(57-36-11-7-34(8-12-36)44(53)54)40(18-38)50-24-32-21-47(3,29-50)26-48(4,22-32)30-50/h5-18,31-32H,19-30H2,1-4H3,(H,51,52)(H,53,54). The van der Waals surface area contributed by atoms with Gasteiger partial charge in [0.15, 0.2) is 0 Å². The molecule has 4 atom stereocenters. The highest BCUT2D eigenvalue weighted by molar-refractivity contribution is 5.88. The summed E-state index contributed by atoms with van der Waals surface area (Å²) < 4.78 is 20.3. The van der Waals surface area contributed by atoms with Gasteiger partial charge in [0.1, 0.15) is 34.5 Å². The van der Waals surface area contributed by atoms with Crippen LogP contribution in [0.15, 0.2) is 84.9 Å². The van der Waals surface area contributed by atoms with Crippen molar-refractivity contribution in [1.82, 2.24) is 0 Å². The number of rotatable bonds is 10. The maximum Gasteiger partial charge on any atom is 0.335 e. The Bertz CT molecular complexity index is 2090. The Hall–Kier alpha value is -4.78. The minimum Gasteiger partial charge on any atom is -0.478 e. The van der Waals surface area contributed by atoms with Gasteiger partial charge in [0.25, 0.3) is 0 Å². The number of ether oxygens (including phenoxy) is 3. The molecule has 8 fully saturated rings. The Kier molecular flexibility index (Phi) is 7.93. The van der Waals surface area contributed by atoms with Crippen molar-refractivity contribution in [3.05, 3.63) is 107 Å². The molecule has 0 spiro atoms. The molecule has 4 aromatic carbocycles. The zero-order chi connectivity index (χ0) is 39.6. The van der Waals surface area contributed by atoms with Crippen molar-refractivity contribution in [2.45, 2.75) is 116 Å². The van der Waals surface area contributed by atoms with E-state index in [9.17, 15) is 19.8 Å². The van der Waals surface area contributed by atoms with Crippen LogP contribution in [0.2, 0.25) is 0 Å². The molecular weight excluding hydrogens is 713 g/mol. The van der Waals surface area contributed by atoms with E-state index in [2.05, 4.69) is 52.0 Å². The summed E-state index contributed by atoms with van der Waals surface area (Å²) in [6.45, 7) is 9.97. The summed E-state index contributed by atoms with van der Waals surface area (Å²) in [7, 11) is 0. The summed E-state index contributed by atoms with van der Waals surface area (Å²) in [6, 6.07) is 26.0. The van der Waals surface area contributed by atoms with E-state index in [1.807, 2.05) is 12.1 Å². The summed E-state index contributed by atoms with van der Waals surface area (Å²) in [5, 5.41) is 19.0. The average Bonchev–Trinajstić information content (AvgIpc) is 3.10. The lowest BCUT2D eigenvalue weighted by molar-refractivity contribution is -0.110. The number of aromatic carboxylic acids is 2. The molecule has 4 unspecified atom stereocenters. The van der Waals surface area contributed by atoms with Crippen molar-refractivity contribution in [1.29, 1.82) is 0 Å². The van der Waals surface area contributed by atoms with Crippen LogP contribution in [0.5, 0.6) is 34.5 Å². The molecule has 0 radical (unpaired) electrons. The third kappa shape index (κ3) is 6.40. The molecule has 8 bridgehead atoms. The van der Waals surface area contributed by atoms with Gasteiger partial charge >= 0.3 is 11.9 Å². The lowest BCUT2D eigenvalue weighted by Crippen LogP contribution is -2.56. The second kappa shape index (κ2) is 12.4. The van der Waals surface area contributed by atoms with Crippen LogP contribution < -0.4 is 14.2 Å². The van der Waals surface area contributed by atoms with Gasteiger partial charge in [0.2, 0.25) is 0 Å². The van der Waals surface area contributed by atoms with Crippen LogP contribution >= 0.6 is 0 Å². The highest BCUT2D eigenvalue weighted by Crippen LogP contribution is 2.72. The molecule has 0 amide bonds. The van der Waals surface area contributed by atoms with Crippen molar-refractivity contribution in [2.24, 2.45) is 33.5 Å². The van der Waals surface area contributed by atoms with Crippen molar-refractivity contribution >= 4 is 11.9 Å². The van der Waals surface area contributed by atoms with Crippen LogP contribution in [0.1, 0.15) is 137 Å². The van der Waals surface area contributed by atoms with Crippen LogP contribution in [-0.2, 0) is 10.8 Å². The number of benzene rings is 4. The van der Waals surface area contributed by atoms with Gasteiger partial charge in [0, 0.05) is 22.0 Å². The zero-order valence-electron chi connectivity index (χ0n) is 33.7. The molecule has 0 aliphatic heterocycles. The fourth-order valence-electron chi connectivity index (χ4n) is 15.4. The smallest absolute Gasteiger partial charge is 0.335 e. The molecule has 8 aliphatic carbocycles. The maximum atomic E-state index is 11.6. The van der Waals surface area contributed by atoms with E-state index >= 15 is 0 Å². The SMILES string of the molecule is CC12CC3CC(C)(C1)CC(c1cc(Oc4ccc(Oc5ccc(C(=O)O)cc5)c(C56CC7CC(C)(CC(C)(C7)C5)C6)c4)ccc1Oc1ccc(C(=O)O)cc1)(C3)C2. The third-order valence-corrected chi connectivity index (χ3v) is 15.2. The quantitative estimate of drug-likeness (QED) is 0.166. The fraction of sp³-hybridized carbons (Fsp3) is 0.480. The second-order valence-corrected chi connectivity index (χ2v) is 21.1. The van der Waals surface area contributed by atoms with Crippen molar-refractivity contribution in [2.75, 3.05) is 0 Å². The number of carbonyl (C=O) groups is 2. The first-order chi connectivity index (χ1) is 27.0. The molecule has 7 nitrogen and oxygen atoms in total. The molecule has 0 heterocycles. The van der Waals surface area contributed by atoms with Gasteiger partial charge in [-0.25, -0.2) is 9.59 Å². The maximum absolute atomic E-state index is 11.6. The Labute approximate surface area is 335 Å². The number of hydrogen-bond donors (Lipinski definition) is 2. The van der Waals surface area contributed by atoms with E-state index < -0.39 is 11.9 Å². The largest absolute Gasteiger partial charge is 0.478 e. The minimum atomic E-state index is -0.956. The van der Waals surface area contributed by atoms with E-state index in [0.717, 1.165) is 61.5 Å². The minimum absolute atomic E-state index is 0.0399. The van der Waals surface area contributed by atoms with E-state index in [0.29, 0.717) is 23.3 Å². The van der Waals surface area contributed by atoms with Gasteiger partial charge in [-0.05, 0) is 195 Å². The first-order valence-electron chi connectivity index (χ1n) is 21.0. The summed E-state index contributed by atoms with van der Waals surface area (Å²) in [4.78, 5) is 23.2. The van der Waals surface area contributed by atoms with Gasteiger partial charge in [-0.3, -0.25) is 0 Å². The van der Waals surface area contributed by atoms with Crippen LogP contribution in [0.3, 0.4) is 0 Å². The molecule has 0 aromatic heterocycles. The number of carboxylic acids is 2. The normalized spacial score (nSPS) is 35.6. The van der Waals surface area contributed by atoms with Gasteiger partial charge in [0.05, 0.1) is 11.1 Å². The highest BCUT2D eigenvalue weighted by Gasteiger charge is 2.62. The van der Waals surface area contributed by atoms with Crippen LogP contribution in [0.25, 0.3) is 0 Å². The Balaban J connectivity index is 1.04. The molecule has 57 heavy (non-hydrogen) atoms. The molecule has 8 saturated carbocycles. The number of hydrogen-bond acceptors (Lipinski definition) is 5.